The van der Waals surface area contributed by atoms with Crippen molar-refractivity contribution in [1.29, 1.82) is 0 Å². The van der Waals surface area contributed by atoms with Crippen molar-refractivity contribution >= 4 is 17.7 Å². The maximum Gasteiger partial charge on any atom is 0.307 e. The molecule has 1 aromatic rings. The summed E-state index contributed by atoms with van der Waals surface area (Å²) in [6.07, 6.45) is 8.86. The lowest BCUT2D eigenvalue weighted by Gasteiger charge is -2.41. The van der Waals surface area contributed by atoms with Crippen molar-refractivity contribution in [2.24, 2.45) is 17.3 Å². The molecule has 1 aliphatic rings. The van der Waals surface area contributed by atoms with Crippen LogP contribution in [0.4, 0.5) is 0 Å². The number of nitrogens with zero attached hydrogens (tertiary/aromatic N) is 2. The molecule has 3 unspecified atom stereocenters. The standard InChI is InChI=1S/C16H24N2O2S/c1-4-16(2,3)11-5-6-12(15(19)20)13(9-11)21-14-10-17-7-8-18-14/h7-8,10-13H,4-6,9H2,1-3H3,(H,19,20). The van der Waals surface area contributed by atoms with Crippen molar-refractivity contribution in [1.82, 2.24) is 9.97 Å². The van der Waals surface area contributed by atoms with Gasteiger partial charge >= 0.3 is 5.97 Å². The summed E-state index contributed by atoms with van der Waals surface area (Å²) < 4.78 is 0. The number of hydrogen-bond donors (Lipinski definition) is 1. The number of aliphatic carboxylic acids is 1. The Morgan fingerprint density at radius 1 is 1.43 bits per heavy atom. The molecule has 3 atom stereocenters. The fraction of sp³-hybridized carbons (Fsp3) is 0.688. The Bertz CT molecular complexity index is 478. The maximum atomic E-state index is 11.5. The summed E-state index contributed by atoms with van der Waals surface area (Å²) in [5.41, 5.74) is 0.269. The molecule has 0 saturated heterocycles. The van der Waals surface area contributed by atoms with E-state index in [0.717, 1.165) is 30.7 Å². The summed E-state index contributed by atoms with van der Waals surface area (Å²) in [6.45, 7) is 6.81. The summed E-state index contributed by atoms with van der Waals surface area (Å²) in [5, 5.41) is 10.4. The second kappa shape index (κ2) is 6.77. The molecule has 1 aliphatic carbocycles. The van der Waals surface area contributed by atoms with Crippen LogP contribution in [-0.2, 0) is 4.79 Å². The van der Waals surface area contributed by atoms with Gasteiger partial charge in [-0.1, -0.05) is 27.2 Å². The third-order valence-electron chi connectivity index (χ3n) is 4.94. The van der Waals surface area contributed by atoms with Crippen LogP contribution in [0.15, 0.2) is 23.6 Å². The van der Waals surface area contributed by atoms with Gasteiger partial charge in [0.15, 0.2) is 0 Å². The summed E-state index contributed by atoms with van der Waals surface area (Å²) >= 11 is 1.58. The van der Waals surface area contributed by atoms with Gasteiger partial charge in [0.2, 0.25) is 0 Å². The van der Waals surface area contributed by atoms with Crippen molar-refractivity contribution < 1.29 is 9.90 Å². The normalized spacial score (nSPS) is 26.5. The molecule has 5 heteroatoms. The van der Waals surface area contributed by atoms with Crippen LogP contribution in [0.3, 0.4) is 0 Å². The van der Waals surface area contributed by atoms with E-state index in [4.69, 9.17) is 0 Å². The van der Waals surface area contributed by atoms with Crippen LogP contribution in [-0.4, -0.2) is 26.3 Å². The number of hydrogen-bond acceptors (Lipinski definition) is 4. The average Bonchev–Trinajstić information content (AvgIpc) is 2.48. The first kappa shape index (κ1) is 16.3. The topological polar surface area (TPSA) is 63.1 Å². The molecule has 1 aromatic heterocycles. The highest BCUT2D eigenvalue weighted by Gasteiger charge is 2.40. The zero-order valence-electron chi connectivity index (χ0n) is 13.0. The van der Waals surface area contributed by atoms with E-state index in [1.54, 1.807) is 30.4 Å². The van der Waals surface area contributed by atoms with Gasteiger partial charge in [-0.2, -0.15) is 0 Å². The lowest BCUT2D eigenvalue weighted by Crippen LogP contribution is -2.37. The smallest absolute Gasteiger partial charge is 0.307 e. The zero-order chi connectivity index (χ0) is 15.5. The van der Waals surface area contributed by atoms with E-state index in [1.165, 1.54) is 0 Å². The van der Waals surface area contributed by atoms with Crippen molar-refractivity contribution in [2.45, 2.75) is 56.7 Å². The molecule has 0 bridgehead atoms. The Balaban J connectivity index is 2.14. The van der Waals surface area contributed by atoms with Gasteiger partial charge in [-0.05, 0) is 30.6 Å². The van der Waals surface area contributed by atoms with Crippen LogP contribution in [0.5, 0.6) is 0 Å². The number of carboxylic acids is 1. The molecule has 116 valence electrons. The first-order valence-electron chi connectivity index (χ1n) is 7.59. The van der Waals surface area contributed by atoms with Crippen LogP contribution in [0, 0.1) is 17.3 Å². The zero-order valence-corrected chi connectivity index (χ0v) is 13.8. The number of carbonyl (C=O) groups is 1. The van der Waals surface area contributed by atoms with Crippen LogP contribution < -0.4 is 0 Å². The van der Waals surface area contributed by atoms with Gasteiger partial charge in [-0.25, -0.2) is 4.98 Å². The van der Waals surface area contributed by atoms with E-state index < -0.39 is 5.97 Å². The lowest BCUT2D eigenvalue weighted by atomic mass is 9.67. The van der Waals surface area contributed by atoms with Gasteiger partial charge in [0.1, 0.15) is 5.03 Å². The Morgan fingerprint density at radius 2 is 2.19 bits per heavy atom. The van der Waals surface area contributed by atoms with E-state index >= 15 is 0 Å². The van der Waals surface area contributed by atoms with E-state index in [2.05, 4.69) is 30.7 Å². The van der Waals surface area contributed by atoms with Gasteiger partial charge in [-0.3, -0.25) is 9.78 Å². The Kier molecular flexibility index (Phi) is 5.25. The highest BCUT2D eigenvalue weighted by Crippen LogP contribution is 2.46. The molecule has 0 radical (unpaired) electrons. The molecule has 0 spiro atoms. The first-order valence-corrected chi connectivity index (χ1v) is 8.47. The van der Waals surface area contributed by atoms with Crippen molar-refractivity contribution in [3.05, 3.63) is 18.6 Å². The summed E-state index contributed by atoms with van der Waals surface area (Å²) in [6, 6.07) is 0. The first-order chi connectivity index (χ1) is 9.94. The second-order valence-electron chi connectivity index (χ2n) is 6.50. The Morgan fingerprint density at radius 3 is 2.76 bits per heavy atom. The maximum absolute atomic E-state index is 11.5. The minimum Gasteiger partial charge on any atom is -0.481 e. The molecule has 1 heterocycles. The van der Waals surface area contributed by atoms with Crippen molar-refractivity contribution in [2.75, 3.05) is 0 Å². The third-order valence-corrected chi connectivity index (χ3v) is 6.21. The van der Waals surface area contributed by atoms with Crippen molar-refractivity contribution in [3.63, 3.8) is 0 Å². The van der Waals surface area contributed by atoms with Crippen LogP contribution >= 0.6 is 11.8 Å². The number of thioether (sulfide) groups is 1. The molecule has 1 saturated carbocycles. The Labute approximate surface area is 130 Å². The lowest BCUT2D eigenvalue weighted by molar-refractivity contribution is -0.143. The molecule has 0 aromatic carbocycles. The fourth-order valence-electron chi connectivity index (χ4n) is 3.04. The summed E-state index contributed by atoms with van der Waals surface area (Å²) in [4.78, 5) is 19.9. The average molecular weight is 308 g/mol. The largest absolute Gasteiger partial charge is 0.481 e. The van der Waals surface area contributed by atoms with Gasteiger partial charge in [-0.15, -0.1) is 11.8 Å². The minimum atomic E-state index is -0.677. The molecular formula is C16H24N2O2S. The summed E-state index contributed by atoms with van der Waals surface area (Å²) in [7, 11) is 0. The van der Waals surface area contributed by atoms with Crippen LogP contribution in [0.2, 0.25) is 0 Å². The SMILES string of the molecule is CCC(C)(C)C1CCC(C(=O)O)C(Sc2cnccn2)C1. The Hall–Kier alpha value is -1.10. The van der Waals surface area contributed by atoms with E-state index in [1.807, 2.05) is 0 Å². The predicted molar refractivity (Wildman–Crippen MR) is 84.2 cm³/mol. The van der Waals surface area contributed by atoms with Crippen LogP contribution in [0.1, 0.15) is 46.5 Å². The van der Waals surface area contributed by atoms with Gasteiger partial charge in [0.25, 0.3) is 0 Å². The molecular weight excluding hydrogens is 284 g/mol. The van der Waals surface area contributed by atoms with E-state index in [0.29, 0.717) is 5.92 Å². The number of carboxylic acid groups (broad SMARTS) is 1. The second-order valence-corrected chi connectivity index (χ2v) is 7.76. The third kappa shape index (κ3) is 3.96. The van der Waals surface area contributed by atoms with E-state index in [-0.39, 0.29) is 16.6 Å². The molecule has 1 fully saturated rings. The van der Waals surface area contributed by atoms with Gasteiger partial charge < -0.3 is 5.11 Å². The summed E-state index contributed by atoms with van der Waals surface area (Å²) in [5.74, 6) is -0.377. The monoisotopic (exact) mass is 308 g/mol. The fourth-order valence-corrected chi connectivity index (χ4v) is 4.34. The van der Waals surface area contributed by atoms with Gasteiger partial charge in [0.05, 0.1) is 12.1 Å². The molecule has 21 heavy (non-hydrogen) atoms. The number of aromatic nitrogens is 2. The van der Waals surface area contributed by atoms with Crippen LogP contribution in [0.25, 0.3) is 0 Å². The molecule has 4 nitrogen and oxygen atoms in total. The molecule has 0 aliphatic heterocycles. The highest BCUT2D eigenvalue weighted by molar-refractivity contribution is 7.99. The predicted octanol–water partition coefficient (Wildman–Crippen LogP) is 3.87. The molecule has 0 amide bonds. The quantitative estimate of drug-likeness (QED) is 0.894. The van der Waals surface area contributed by atoms with E-state index in [9.17, 15) is 9.90 Å². The molecule has 1 N–H and O–H groups in total. The highest BCUT2D eigenvalue weighted by atomic mass is 32.2. The number of rotatable bonds is 5. The van der Waals surface area contributed by atoms with Crippen molar-refractivity contribution in [3.8, 4) is 0 Å². The molecule has 2 rings (SSSR count). The minimum absolute atomic E-state index is 0.0868. The van der Waals surface area contributed by atoms with Gasteiger partial charge in [0, 0.05) is 17.6 Å².